The molecule has 1 fully saturated rings. The summed E-state index contributed by atoms with van der Waals surface area (Å²) in [6.45, 7) is 1.39. The zero-order valence-corrected chi connectivity index (χ0v) is 9.09. The predicted molar refractivity (Wildman–Crippen MR) is 48.8 cm³/mol. The second kappa shape index (κ2) is 3.86. The maximum Gasteiger partial charge on any atom is 0.314 e. The molecule has 0 aromatic carbocycles. The van der Waals surface area contributed by atoms with E-state index in [4.69, 9.17) is 4.74 Å². The monoisotopic (exact) mass is 222 g/mol. The molecule has 1 aliphatic carbocycles. The SMILES string of the molecule is CCC1(C(=O)OCOS(C)(=O)=O)CC1. The van der Waals surface area contributed by atoms with Crippen LogP contribution in [0.1, 0.15) is 26.2 Å². The van der Waals surface area contributed by atoms with Gasteiger partial charge in [0.15, 0.2) is 0 Å². The van der Waals surface area contributed by atoms with Crippen LogP contribution in [0.3, 0.4) is 0 Å². The summed E-state index contributed by atoms with van der Waals surface area (Å²) in [4.78, 5) is 11.3. The van der Waals surface area contributed by atoms with Crippen LogP contribution in [0.15, 0.2) is 0 Å². The highest BCUT2D eigenvalue weighted by atomic mass is 32.2. The Morgan fingerprint density at radius 1 is 1.43 bits per heavy atom. The molecule has 0 heterocycles. The molecule has 82 valence electrons. The van der Waals surface area contributed by atoms with Gasteiger partial charge in [-0.3, -0.25) is 4.79 Å². The summed E-state index contributed by atoms with van der Waals surface area (Å²) in [7, 11) is -3.53. The van der Waals surface area contributed by atoms with Crippen LogP contribution in [0.25, 0.3) is 0 Å². The largest absolute Gasteiger partial charge is 0.437 e. The minimum Gasteiger partial charge on any atom is -0.437 e. The average molecular weight is 222 g/mol. The van der Waals surface area contributed by atoms with Gasteiger partial charge < -0.3 is 4.74 Å². The summed E-state index contributed by atoms with van der Waals surface area (Å²) in [5.74, 6) is -0.358. The number of esters is 1. The lowest BCUT2D eigenvalue weighted by Gasteiger charge is -2.10. The molecule has 0 aromatic rings. The Hall–Kier alpha value is -0.620. The third-order valence-corrected chi connectivity index (χ3v) is 2.94. The molecule has 0 atom stereocenters. The highest BCUT2D eigenvalue weighted by Gasteiger charge is 2.49. The summed E-state index contributed by atoms with van der Waals surface area (Å²) >= 11 is 0. The first kappa shape index (κ1) is 11.5. The van der Waals surface area contributed by atoms with Gasteiger partial charge in [-0.1, -0.05) is 6.92 Å². The highest BCUT2D eigenvalue weighted by Crippen LogP contribution is 2.49. The van der Waals surface area contributed by atoms with Crippen LogP contribution in [-0.2, 0) is 23.8 Å². The van der Waals surface area contributed by atoms with Crippen LogP contribution in [-0.4, -0.2) is 27.4 Å². The van der Waals surface area contributed by atoms with Crippen molar-refractivity contribution in [3.05, 3.63) is 0 Å². The van der Waals surface area contributed by atoms with E-state index in [0.29, 0.717) is 0 Å². The smallest absolute Gasteiger partial charge is 0.314 e. The van der Waals surface area contributed by atoms with Crippen molar-refractivity contribution < 1.29 is 22.1 Å². The van der Waals surface area contributed by atoms with Crippen molar-refractivity contribution in [2.75, 3.05) is 13.0 Å². The number of carbonyl (C=O) groups is 1. The molecule has 14 heavy (non-hydrogen) atoms. The van der Waals surface area contributed by atoms with Gasteiger partial charge in [0.1, 0.15) is 0 Å². The van der Waals surface area contributed by atoms with Gasteiger partial charge in [0.2, 0.25) is 6.79 Å². The van der Waals surface area contributed by atoms with Crippen molar-refractivity contribution in [1.29, 1.82) is 0 Å². The summed E-state index contributed by atoms with van der Waals surface area (Å²) < 4.78 is 30.1. The Kier molecular flexibility index (Phi) is 3.16. The first-order valence-electron chi connectivity index (χ1n) is 4.41. The van der Waals surface area contributed by atoms with E-state index in [1.807, 2.05) is 6.92 Å². The Balaban J connectivity index is 2.29. The van der Waals surface area contributed by atoms with E-state index in [9.17, 15) is 13.2 Å². The lowest BCUT2D eigenvalue weighted by atomic mass is 10.1. The molecule has 0 unspecified atom stereocenters. The van der Waals surface area contributed by atoms with Gasteiger partial charge >= 0.3 is 5.97 Å². The highest BCUT2D eigenvalue weighted by molar-refractivity contribution is 7.85. The molecule has 1 saturated carbocycles. The molecule has 0 saturated heterocycles. The number of rotatable bonds is 5. The Morgan fingerprint density at radius 2 is 2.00 bits per heavy atom. The van der Waals surface area contributed by atoms with E-state index < -0.39 is 16.9 Å². The van der Waals surface area contributed by atoms with Crippen LogP contribution < -0.4 is 0 Å². The van der Waals surface area contributed by atoms with Crippen molar-refractivity contribution in [2.24, 2.45) is 5.41 Å². The van der Waals surface area contributed by atoms with Gasteiger partial charge in [0, 0.05) is 0 Å². The fourth-order valence-electron chi connectivity index (χ4n) is 1.17. The van der Waals surface area contributed by atoms with Crippen LogP contribution >= 0.6 is 0 Å². The van der Waals surface area contributed by atoms with Crippen molar-refractivity contribution in [3.63, 3.8) is 0 Å². The van der Waals surface area contributed by atoms with E-state index in [1.54, 1.807) is 0 Å². The standard InChI is InChI=1S/C8H14O5S/c1-3-8(4-5-8)7(9)12-6-13-14(2,10)11/h3-6H2,1-2H3. The molecule has 0 radical (unpaired) electrons. The van der Waals surface area contributed by atoms with E-state index >= 15 is 0 Å². The molecule has 1 aliphatic rings. The molecule has 0 bridgehead atoms. The fraction of sp³-hybridized carbons (Fsp3) is 0.875. The maximum atomic E-state index is 11.3. The molecule has 0 spiro atoms. The van der Waals surface area contributed by atoms with E-state index in [0.717, 1.165) is 25.5 Å². The maximum absolute atomic E-state index is 11.3. The average Bonchev–Trinajstić information content (AvgIpc) is 2.81. The van der Waals surface area contributed by atoms with Crippen LogP contribution in [0, 0.1) is 5.41 Å². The van der Waals surface area contributed by atoms with Crippen molar-refractivity contribution in [1.82, 2.24) is 0 Å². The number of hydrogen-bond donors (Lipinski definition) is 0. The third-order valence-electron chi connectivity index (χ3n) is 2.42. The molecular formula is C8H14O5S. The molecule has 1 rings (SSSR count). The van der Waals surface area contributed by atoms with Crippen molar-refractivity contribution in [2.45, 2.75) is 26.2 Å². The number of ether oxygens (including phenoxy) is 1. The Labute approximate surface area is 83.5 Å². The zero-order chi connectivity index (χ0) is 10.8. The first-order chi connectivity index (χ1) is 6.40. The second-order valence-corrected chi connectivity index (χ2v) is 5.15. The summed E-state index contributed by atoms with van der Waals surface area (Å²) in [5, 5.41) is 0. The van der Waals surface area contributed by atoms with Crippen LogP contribution in [0.2, 0.25) is 0 Å². The number of carbonyl (C=O) groups excluding carboxylic acids is 1. The minimum absolute atomic E-state index is 0.358. The first-order valence-corrected chi connectivity index (χ1v) is 6.23. The molecule has 0 N–H and O–H groups in total. The predicted octanol–water partition coefficient (Wildman–Crippen LogP) is 0.653. The van der Waals surface area contributed by atoms with E-state index in [1.165, 1.54) is 0 Å². The van der Waals surface area contributed by atoms with E-state index in [2.05, 4.69) is 4.18 Å². The lowest BCUT2D eigenvalue weighted by molar-refractivity contribution is -0.156. The van der Waals surface area contributed by atoms with Gasteiger partial charge in [-0.2, -0.15) is 8.42 Å². The van der Waals surface area contributed by atoms with Gasteiger partial charge in [0.05, 0.1) is 11.7 Å². The van der Waals surface area contributed by atoms with Crippen LogP contribution in [0.5, 0.6) is 0 Å². The lowest BCUT2D eigenvalue weighted by Crippen LogP contribution is -2.20. The van der Waals surface area contributed by atoms with Gasteiger partial charge in [-0.05, 0) is 19.3 Å². The molecule has 5 nitrogen and oxygen atoms in total. The minimum atomic E-state index is -3.53. The second-order valence-electron chi connectivity index (χ2n) is 3.51. The summed E-state index contributed by atoms with van der Waals surface area (Å²) in [6, 6.07) is 0. The van der Waals surface area contributed by atoms with Gasteiger partial charge in [-0.15, -0.1) is 0 Å². The van der Waals surface area contributed by atoms with Gasteiger partial charge in [0.25, 0.3) is 10.1 Å². The zero-order valence-electron chi connectivity index (χ0n) is 8.28. The molecule has 0 amide bonds. The molecular weight excluding hydrogens is 208 g/mol. The summed E-state index contributed by atoms with van der Waals surface area (Å²) in [6.07, 6.45) is 3.28. The van der Waals surface area contributed by atoms with Crippen molar-refractivity contribution in [3.8, 4) is 0 Å². The number of hydrogen-bond acceptors (Lipinski definition) is 5. The molecule has 0 aromatic heterocycles. The topological polar surface area (TPSA) is 69.7 Å². The quantitative estimate of drug-likeness (QED) is 0.388. The van der Waals surface area contributed by atoms with Crippen molar-refractivity contribution >= 4 is 16.1 Å². The Bertz CT molecular complexity index is 315. The normalized spacial score (nSPS) is 19.0. The Morgan fingerprint density at radius 3 is 2.36 bits per heavy atom. The van der Waals surface area contributed by atoms with Gasteiger partial charge in [-0.25, -0.2) is 4.18 Å². The third kappa shape index (κ3) is 2.95. The van der Waals surface area contributed by atoms with E-state index in [-0.39, 0.29) is 11.4 Å². The van der Waals surface area contributed by atoms with Crippen LogP contribution in [0.4, 0.5) is 0 Å². The molecule has 0 aliphatic heterocycles. The fourth-order valence-corrected chi connectivity index (χ4v) is 1.39. The molecule has 6 heteroatoms. The summed E-state index contributed by atoms with van der Waals surface area (Å²) in [5.41, 5.74) is -0.360.